The van der Waals surface area contributed by atoms with Crippen molar-refractivity contribution in [1.29, 1.82) is 0 Å². The minimum atomic E-state index is -1.12. The molecule has 1 atom stereocenters. The van der Waals surface area contributed by atoms with Crippen LogP contribution in [0.15, 0.2) is 18.2 Å². The van der Waals surface area contributed by atoms with Crippen molar-refractivity contribution in [2.24, 2.45) is 0 Å². The number of aryl methyl sites for hydroxylation is 1. The molecular formula is C12H14INO4. The summed E-state index contributed by atoms with van der Waals surface area (Å²) < 4.78 is 5.55. The first-order valence-electron chi connectivity index (χ1n) is 5.25. The van der Waals surface area contributed by atoms with Gasteiger partial charge in [0.1, 0.15) is 0 Å². The molecular weight excluding hydrogens is 349 g/mol. The molecule has 2 N–H and O–H groups in total. The zero-order valence-electron chi connectivity index (χ0n) is 10.1. The number of aliphatic carboxylic acids is 1. The van der Waals surface area contributed by atoms with Crippen LogP contribution in [0.4, 0.5) is 0 Å². The average Bonchev–Trinajstić information content (AvgIpc) is 2.28. The van der Waals surface area contributed by atoms with Crippen molar-refractivity contribution in [3.05, 3.63) is 32.9 Å². The Hall–Kier alpha value is -1.15. The van der Waals surface area contributed by atoms with Crippen LogP contribution in [0.5, 0.6) is 0 Å². The van der Waals surface area contributed by atoms with Gasteiger partial charge in [0.25, 0.3) is 5.91 Å². The van der Waals surface area contributed by atoms with Gasteiger partial charge < -0.3 is 15.2 Å². The Bertz CT molecular complexity index is 441. The first-order valence-corrected chi connectivity index (χ1v) is 6.33. The Morgan fingerprint density at radius 3 is 2.67 bits per heavy atom. The molecule has 0 heterocycles. The standard InChI is InChI=1S/C12H14INO4/c1-7-4-3-5-8(13)10(7)11(15)14-9(6-18-2)12(16)17/h3-5,9H,6H2,1-2H3,(H,14,15)(H,16,17). The van der Waals surface area contributed by atoms with Crippen LogP contribution in [0.2, 0.25) is 0 Å². The second-order valence-corrected chi connectivity index (χ2v) is 4.91. The van der Waals surface area contributed by atoms with E-state index in [0.717, 1.165) is 9.13 Å². The smallest absolute Gasteiger partial charge is 0.328 e. The third-order valence-corrected chi connectivity index (χ3v) is 3.28. The predicted octanol–water partition coefficient (Wildman–Crippen LogP) is 1.43. The number of carbonyl (C=O) groups is 2. The molecule has 0 saturated carbocycles. The number of rotatable bonds is 5. The third-order valence-electron chi connectivity index (χ3n) is 2.39. The first kappa shape index (κ1) is 14.9. The van der Waals surface area contributed by atoms with Crippen molar-refractivity contribution < 1.29 is 19.4 Å². The maximum absolute atomic E-state index is 12.0. The van der Waals surface area contributed by atoms with E-state index in [1.807, 2.05) is 41.6 Å². The summed E-state index contributed by atoms with van der Waals surface area (Å²) in [6.45, 7) is 1.74. The van der Waals surface area contributed by atoms with Gasteiger partial charge in [-0.3, -0.25) is 4.79 Å². The van der Waals surface area contributed by atoms with Crippen LogP contribution in [-0.4, -0.2) is 36.7 Å². The number of carboxylic acid groups (broad SMARTS) is 1. The molecule has 0 bridgehead atoms. The highest BCUT2D eigenvalue weighted by Gasteiger charge is 2.22. The molecule has 1 aromatic rings. The van der Waals surface area contributed by atoms with Crippen LogP contribution in [-0.2, 0) is 9.53 Å². The molecule has 0 aliphatic heterocycles. The largest absolute Gasteiger partial charge is 0.480 e. The van der Waals surface area contributed by atoms with Crippen molar-refractivity contribution >= 4 is 34.5 Å². The number of halogens is 1. The zero-order chi connectivity index (χ0) is 13.7. The minimum absolute atomic E-state index is 0.0659. The van der Waals surface area contributed by atoms with E-state index in [1.165, 1.54) is 7.11 Å². The van der Waals surface area contributed by atoms with E-state index in [9.17, 15) is 9.59 Å². The van der Waals surface area contributed by atoms with Crippen molar-refractivity contribution in [1.82, 2.24) is 5.32 Å². The molecule has 1 rings (SSSR count). The van der Waals surface area contributed by atoms with Crippen LogP contribution >= 0.6 is 22.6 Å². The second-order valence-electron chi connectivity index (χ2n) is 3.75. The van der Waals surface area contributed by atoms with Gasteiger partial charge in [0.05, 0.1) is 12.2 Å². The summed E-state index contributed by atoms with van der Waals surface area (Å²) in [6, 6.07) is 4.41. The Kier molecular flexibility index (Phi) is 5.54. The Morgan fingerprint density at radius 1 is 1.50 bits per heavy atom. The summed E-state index contributed by atoms with van der Waals surface area (Å²) in [5.74, 6) is -1.52. The number of nitrogens with one attached hydrogen (secondary N) is 1. The Balaban J connectivity index is 2.90. The maximum Gasteiger partial charge on any atom is 0.328 e. The summed E-state index contributed by atoms with van der Waals surface area (Å²) in [6.07, 6.45) is 0. The molecule has 1 aromatic carbocycles. The number of benzene rings is 1. The Labute approximate surface area is 119 Å². The summed E-state index contributed by atoms with van der Waals surface area (Å²) in [4.78, 5) is 23.0. The number of carbonyl (C=O) groups excluding carboxylic acids is 1. The lowest BCUT2D eigenvalue weighted by Gasteiger charge is -2.15. The molecule has 0 aliphatic carbocycles. The van der Waals surface area contributed by atoms with E-state index < -0.39 is 17.9 Å². The molecule has 18 heavy (non-hydrogen) atoms. The SMILES string of the molecule is COCC(NC(=O)c1c(C)cccc1I)C(=O)O. The van der Waals surface area contributed by atoms with E-state index in [-0.39, 0.29) is 6.61 Å². The van der Waals surface area contributed by atoms with Gasteiger partial charge in [-0.15, -0.1) is 0 Å². The summed E-state index contributed by atoms with van der Waals surface area (Å²) in [5.41, 5.74) is 1.31. The van der Waals surface area contributed by atoms with Crippen molar-refractivity contribution in [2.75, 3.05) is 13.7 Å². The van der Waals surface area contributed by atoms with Gasteiger partial charge in [-0.25, -0.2) is 4.79 Å². The maximum atomic E-state index is 12.0. The quantitative estimate of drug-likeness (QED) is 0.777. The van der Waals surface area contributed by atoms with Crippen LogP contribution in [0.1, 0.15) is 15.9 Å². The first-order chi connectivity index (χ1) is 8.47. The molecule has 0 fully saturated rings. The average molecular weight is 363 g/mol. The van der Waals surface area contributed by atoms with Gasteiger partial charge in [-0.2, -0.15) is 0 Å². The van der Waals surface area contributed by atoms with Crippen molar-refractivity contribution in [3.8, 4) is 0 Å². The third kappa shape index (κ3) is 3.67. The number of ether oxygens (including phenoxy) is 1. The molecule has 0 aromatic heterocycles. The monoisotopic (exact) mass is 363 g/mol. The van der Waals surface area contributed by atoms with E-state index in [1.54, 1.807) is 6.07 Å². The fourth-order valence-corrected chi connectivity index (χ4v) is 2.37. The highest BCUT2D eigenvalue weighted by atomic mass is 127. The molecule has 1 unspecified atom stereocenters. The zero-order valence-corrected chi connectivity index (χ0v) is 12.2. The second kappa shape index (κ2) is 6.69. The Morgan fingerprint density at radius 2 is 2.17 bits per heavy atom. The van der Waals surface area contributed by atoms with Crippen LogP contribution < -0.4 is 5.32 Å². The molecule has 0 radical (unpaired) electrons. The highest BCUT2D eigenvalue weighted by Crippen LogP contribution is 2.16. The molecule has 1 amide bonds. The van der Waals surface area contributed by atoms with Crippen LogP contribution in [0, 0.1) is 10.5 Å². The van der Waals surface area contributed by atoms with Gasteiger partial charge in [0.15, 0.2) is 6.04 Å². The molecule has 0 spiro atoms. The van der Waals surface area contributed by atoms with Gasteiger partial charge in [-0.05, 0) is 41.1 Å². The van der Waals surface area contributed by atoms with Gasteiger partial charge in [0.2, 0.25) is 0 Å². The lowest BCUT2D eigenvalue weighted by atomic mass is 10.1. The van der Waals surface area contributed by atoms with E-state index in [2.05, 4.69) is 5.32 Å². The summed E-state index contributed by atoms with van der Waals surface area (Å²) in [7, 11) is 1.39. The van der Waals surface area contributed by atoms with Crippen LogP contribution in [0.3, 0.4) is 0 Å². The fourth-order valence-electron chi connectivity index (χ4n) is 1.49. The van der Waals surface area contributed by atoms with Crippen molar-refractivity contribution in [2.45, 2.75) is 13.0 Å². The molecule has 0 saturated heterocycles. The molecule has 5 nitrogen and oxygen atoms in total. The molecule has 6 heteroatoms. The normalized spacial score (nSPS) is 11.9. The minimum Gasteiger partial charge on any atom is -0.480 e. The fraction of sp³-hybridized carbons (Fsp3) is 0.333. The predicted molar refractivity (Wildman–Crippen MR) is 74.7 cm³/mol. The number of hydrogen-bond acceptors (Lipinski definition) is 3. The van der Waals surface area contributed by atoms with Gasteiger partial charge in [0, 0.05) is 10.7 Å². The lowest BCUT2D eigenvalue weighted by molar-refractivity contribution is -0.140. The topological polar surface area (TPSA) is 75.6 Å². The number of carboxylic acids is 1. The summed E-state index contributed by atoms with van der Waals surface area (Å²) in [5, 5.41) is 11.4. The van der Waals surface area contributed by atoms with Gasteiger partial charge in [-0.1, -0.05) is 12.1 Å². The lowest BCUT2D eigenvalue weighted by Crippen LogP contribution is -2.44. The molecule has 0 aliphatic rings. The van der Waals surface area contributed by atoms with E-state index in [4.69, 9.17) is 9.84 Å². The summed E-state index contributed by atoms with van der Waals surface area (Å²) >= 11 is 2.05. The van der Waals surface area contributed by atoms with E-state index >= 15 is 0 Å². The molecule has 98 valence electrons. The van der Waals surface area contributed by atoms with E-state index in [0.29, 0.717) is 5.56 Å². The van der Waals surface area contributed by atoms with Crippen molar-refractivity contribution in [3.63, 3.8) is 0 Å². The highest BCUT2D eigenvalue weighted by molar-refractivity contribution is 14.1. The number of methoxy groups -OCH3 is 1. The van der Waals surface area contributed by atoms with Gasteiger partial charge >= 0.3 is 5.97 Å². The number of amides is 1. The van der Waals surface area contributed by atoms with Crippen LogP contribution in [0.25, 0.3) is 0 Å². The number of hydrogen-bond donors (Lipinski definition) is 2.